The third kappa shape index (κ3) is 3.77. The van der Waals surface area contributed by atoms with Crippen LogP contribution >= 0.6 is 11.6 Å². The predicted molar refractivity (Wildman–Crippen MR) is 106 cm³/mol. The van der Waals surface area contributed by atoms with Gasteiger partial charge in [-0.2, -0.15) is 5.10 Å². The van der Waals surface area contributed by atoms with Crippen LogP contribution in [0.2, 0.25) is 5.02 Å². The molecule has 8 heteroatoms. The van der Waals surface area contributed by atoms with Crippen LogP contribution in [0, 0.1) is 16.7 Å². The zero-order valence-corrected chi connectivity index (χ0v) is 17.5. The molecule has 0 heterocycles. The normalized spacial score (nSPS) is 27.9. The Balaban J connectivity index is 1.52. The smallest absolute Gasteiger partial charge is 0.241 e. The molecule has 2 N–H and O–H groups in total. The van der Waals surface area contributed by atoms with Crippen molar-refractivity contribution in [2.24, 2.45) is 21.8 Å². The molecule has 0 saturated heterocycles. The predicted octanol–water partition coefficient (Wildman–Crippen LogP) is 3.33. The zero-order valence-electron chi connectivity index (χ0n) is 15.9. The molecule has 1 aromatic carbocycles. The van der Waals surface area contributed by atoms with Crippen LogP contribution in [0.25, 0.3) is 0 Å². The summed E-state index contributed by atoms with van der Waals surface area (Å²) in [5, 5.41) is 4.84. The molecule has 0 aliphatic heterocycles. The molecule has 0 aromatic heterocycles. The van der Waals surface area contributed by atoms with Gasteiger partial charge in [0.05, 0.1) is 4.90 Å². The monoisotopic (exact) mass is 411 g/mol. The van der Waals surface area contributed by atoms with Gasteiger partial charge in [-0.05, 0) is 54.9 Å². The summed E-state index contributed by atoms with van der Waals surface area (Å²) in [6.07, 6.45) is 3.25. The van der Waals surface area contributed by atoms with Crippen molar-refractivity contribution in [1.82, 2.24) is 10.1 Å². The largest absolute Gasteiger partial charge is 0.273 e. The van der Waals surface area contributed by atoms with Crippen LogP contribution in [-0.2, 0) is 14.8 Å². The third-order valence-corrected chi connectivity index (χ3v) is 8.32. The number of fused-ring (bicyclic) bond motifs is 2. The van der Waals surface area contributed by atoms with Gasteiger partial charge < -0.3 is 0 Å². The lowest BCUT2D eigenvalue weighted by Crippen LogP contribution is -2.34. The third-order valence-electron chi connectivity index (χ3n) is 6.60. The van der Waals surface area contributed by atoms with Crippen molar-refractivity contribution in [3.8, 4) is 0 Å². The second-order valence-electron chi connectivity index (χ2n) is 8.19. The number of nitrogens with zero attached hydrogens (tertiary/aromatic N) is 1. The van der Waals surface area contributed by atoms with E-state index in [0.717, 1.165) is 18.6 Å². The fourth-order valence-electron chi connectivity index (χ4n) is 4.28. The number of carbonyl (C=O) groups excluding carboxylic acids is 1. The highest BCUT2D eigenvalue weighted by molar-refractivity contribution is 7.89. The first-order valence-corrected chi connectivity index (χ1v) is 11.0. The Morgan fingerprint density at radius 2 is 1.93 bits per heavy atom. The average Bonchev–Trinajstić information content (AvgIpc) is 2.93. The molecule has 2 aliphatic rings. The molecule has 2 bridgehead atoms. The number of rotatable bonds is 6. The van der Waals surface area contributed by atoms with Gasteiger partial charge in [-0.1, -0.05) is 32.4 Å². The van der Waals surface area contributed by atoms with Gasteiger partial charge in [0.2, 0.25) is 15.9 Å². The highest BCUT2D eigenvalue weighted by Crippen LogP contribution is 2.63. The van der Waals surface area contributed by atoms with Gasteiger partial charge in [0, 0.05) is 29.1 Å². The lowest BCUT2D eigenvalue weighted by molar-refractivity contribution is -0.120. The van der Waals surface area contributed by atoms with Crippen molar-refractivity contribution in [3.63, 3.8) is 0 Å². The minimum Gasteiger partial charge on any atom is -0.273 e. The number of hydrogen-bond acceptors (Lipinski definition) is 4. The van der Waals surface area contributed by atoms with Crippen LogP contribution in [0.15, 0.2) is 34.3 Å². The molecule has 2 aliphatic carbocycles. The summed E-state index contributed by atoms with van der Waals surface area (Å²) in [6.45, 7) is 6.79. The first kappa shape index (κ1) is 20.3. The van der Waals surface area contributed by atoms with Crippen LogP contribution in [0.3, 0.4) is 0 Å². The molecule has 27 heavy (non-hydrogen) atoms. The number of amides is 1. The van der Waals surface area contributed by atoms with Crippen LogP contribution < -0.4 is 10.1 Å². The van der Waals surface area contributed by atoms with Crippen LogP contribution in [0.4, 0.5) is 0 Å². The van der Waals surface area contributed by atoms with E-state index < -0.39 is 10.0 Å². The SMILES string of the molecule is CC1(C)[C@H]2CC[C@@]1(C)/C(=N/NC(=O)CCNS(=O)(=O)c1ccc(Cl)cc1)C2. The summed E-state index contributed by atoms with van der Waals surface area (Å²) < 4.78 is 26.8. The Labute approximate surface area is 165 Å². The summed E-state index contributed by atoms with van der Waals surface area (Å²) in [5.41, 5.74) is 3.89. The van der Waals surface area contributed by atoms with E-state index >= 15 is 0 Å². The molecule has 2 saturated carbocycles. The van der Waals surface area contributed by atoms with Gasteiger partial charge in [0.1, 0.15) is 0 Å². The van der Waals surface area contributed by atoms with Crippen LogP contribution in [0.5, 0.6) is 0 Å². The Morgan fingerprint density at radius 3 is 2.48 bits per heavy atom. The number of benzene rings is 1. The summed E-state index contributed by atoms with van der Waals surface area (Å²) >= 11 is 5.77. The first-order valence-electron chi connectivity index (χ1n) is 9.17. The maximum atomic E-state index is 12.2. The molecule has 1 aromatic rings. The lowest BCUT2D eigenvalue weighted by Gasteiger charge is -2.34. The van der Waals surface area contributed by atoms with Gasteiger partial charge in [-0.25, -0.2) is 18.6 Å². The molecule has 148 valence electrons. The molecule has 0 radical (unpaired) electrons. The molecule has 0 unspecified atom stereocenters. The summed E-state index contributed by atoms with van der Waals surface area (Å²) in [4.78, 5) is 12.2. The summed E-state index contributed by atoms with van der Waals surface area (Å²) in [6, 6.07) is 5.87. The number of halogens is 1. The summed E-state index contributed by atoms with van der Waals surface area (Å²) in [7, 11) is -3.66. The maximum Gasteiger partial charge on any atom is 0.241 e. The topological polar surface area (TPSA) is 87.6 Å². The molecule has 1 amide bonds. The van der Waals surface area contributed by atoms with Crippen molar-refractivity contribution >= 4 is 33.2 Å². The highest BCUT2D eigenvalue weighted by atomic mass is 35.5. The second kappa shape index (κ2) is 7.18. The van der Waals surface area contributed by atoms with E-state index in [1.54, 1.807) is 0 Å². The van der Waals surface area contributed by atoms with E-state index in [0.29, 0.717) is 10.9 Å². The number of nitrogens with one attached hydrogen (secondary N) is 2. The summed E-state index contributed by atoms with van der Waals surface area (Å²) in [5.74, 6) is 0.315. The standard InChI is InChI=1S/C19H26ClN3O3S/c1-18(2)13-8-10-19(18,3)16(12-13)22-23-17(24)9-11-21-27(25,26)15-6-4-14(20)5-7-15/h4-7,13,21H,8-12H2,1-3H3,(H,23,24)/b22-16+/t13-,19-/m0/s1. The van der Waals surface area contributed by atoms with Crippen molar-refractivity contribution in [2.75, 3.05) is 6.54 Å². The molecule has 6 nitrogen and oxygen atoms in total. The van der Waals surface area contributed by atoms with Gasteiger partial charge in [0.15, 0.2) is 0 Å². The number of sulfonamides is 1. The molecular weight excluding hydrogens is 386 g/mol. The second-order valence-corrected chi connectivity index (χ2v) is 10.4. The zero-order chi connectivity index (χ0) is 19.9. The minimum absolute atomic E-state index is 0.00698. The molecule has 0 spiro atoms. The minimum atomic E-state index is -3.66. The first-order chi connectivity index (χ1) is 12.6. The Hall–Kier alpha value is -1.44. The highest BCUT2D eigenvalue weighted by Gasteiger charge is 2.59. The van der Waals surface area contributed by atoms with Crippen molar-refractivity contribution in [3.05, 3.63) is 29.3 Å². The number of hydrazone groups is 1. The number of carbonyl (C=O) groups is 1. The van der Waals surface area contributed by atoms with Crippen molar-refractivity contribution in [2.45, 2.75) is 51.3 Å². The quantitative estimate of drug-likeness (QED) is 0.704. The van der Waals surface area contributed by atoms with Gasteiger partial charge >= 0.3 is 0 Å². The lowest BCUT2D eigenvalue weighted by atomic mass is 9.70. The van der Waals surface area contributed by atoms with Crippen molar-refractivity contribution in [1.29, 1.82) is 0 Å². The van der Waals surface area contributed by atoms with Gasteiger partial charge in [-0.3, -0.25) is 4.79 Å². The van der Waals surface area contributed by atoms with Gasteiger partial charge in [-0.15, -0.1) is 0 Å². The molecule has 2 fully saturated rings. The van der Waals surface area contributed by atoms with Crippen LogP contribution in [0.1, 0.15) is 46.5 Å². The Morgan fingerprint density at radius 1 is 1.26 bits per heavy atom. The Kier molecular flexibility index (Phi) is 5.40. The van der Waals surface area contributed by atoms with E-state index in [1.807, 2.05) is 0 Å². The fraction of sp³-hybridized carbons (Fsp3) is 0.579. The van der Waals surface area contributed by atoms with E-state index in [-0.39, 0.29) is 34.6 Å². The maximum absolute atomic E-state index is 12.2. The molecule has 2 atom stereocenters. The molecular formula is C19H26ClN3O3S. The van der Waals surface area contributed by atoms with Crippen molar-refractivity contribution < 1.29 is 13.2 Å². The van der Waals surface area contributed by atoms with E-state index in [9.17, 15) is 13.2 Å². The number of hydrogen-bond donors (Lipinski definition) is 2. The van der Waals surface area contributed by atoms with E-state index in [1.165, 1.54) is 30.7 Å². The van der Waals surface area contributed by atoms with Gasteiger partial charge in [0.25, 0.3) is 0 Å². The average molecular weight is 412 g/mol. The van der Waals surface area contributed by atoms with E-state index in [4.69, 9.17) is 11.6 Å². The fourth-order valence-corrected chi connectivity index (χ4v) is 5.44. The van der Waals surface area contributed by atoms with E-state index in [2.05, 4.69) is 36.0 Å². The van der Waals surface area contributed by atoms with Crippen LogP contribution in [-0.4, -0.2) is 26.6 Å². The molecule has 3 rings (SSSR count). The Bertz CT molecular complexity index is 865.